The van der Waals surface area contributed by atoms with Crippen LogP contribution in [0.1, 0.15) is 171 Å². The fourth-order valence-corrected chi connectivity index (χ4v) is 16.7. The summed E-state index contributed by atoms with van der Waals surface area (Å²) in [7, 11) is 0. The molecule has 5 N–H and O–H groups in total. The van der Waals surface area contributed by atoms with Crippen molar-refractivity contribution < 1.29 is 63.1 Å². The second-order valence-electron chi connectivity index (χ2n) is 27.7. The molecular formula is C85H96N6O12S2-2. The van der Waals surface area contributed by atoms with Crippen molar-refractivity contribution in [3.63, 3.8) is 0 Å². The fraction of sp³-hybridized carbons (Fsp3) is 0.424. The molecule has 20 heteroatoms. The normalized spacial score (nSPS) is 21.0. The van der Waals surface area contributed by atoms with E-state index in [4.69, 9.17) is 24.1 Å². The number of carbonyl (C=O) groups excluding carboxylic acids is 3. The van der Waals surface area contributed by atoms with Crippen LogP contribution in [0.3, 0.4) is 0 Å². The van der Waals surface area contributed by atoms with E-state index in [0.717, 1.165) is 156 Å². The molecule has 1 saturated carbocycles. The SMILES string of the molecule is C=CC1=CC2=CC(=Cc3sc4ccccc4[n+]3CC(=O)[O-])CCC2CC1.CCCCCOC#CC1(COC(=O)CCCCC)Nc2cccc3ccc(C4C([O-])C(c5ccc6cccc7c6c5NC(C#COCCCCC)(COC(=O)CCCCC)N7)C4[O-])c(c23)N1.O=C(O)CN1CSc2ccccc21. The van der Waals surface area contributed by atoms with E-state index in [9.17, 15) is 34.5 Å². The Balaban J connectivity index is 0.000000227. The number of nitrogens with zero attached hydrogens (tertiary/aromatic N) is 2. The Morgan fingerprint density at radius 1 is 0.657 bits per heavy atom. The monoisotopic (exact) mass is 1460 g/mol. The standard InChI is InChI=1S/C54H66N4O8.C22H21NO2S.C9H9NO2S/c1-5-9-13-23-43(59)65-35-53(29-33-63-31-15-11-7-3)55-41-21-17-19-37-25-27-39(49(57-53)45(37)41)47-51(61)48(52(47)62)40-28-26-38-20-18-22-42-46(38)50(40)58-54(56-42,30-34-64-32-16-12-8-4)36-66-44(60)24-14-10-6-2;1-2-15-7-9-17-10-8-16(12-18(17)11-15)13-21-23(14-22(24)25)19-5-3-4-6-20(19)26-21;11-9(12)5-10-6-13-8-4-2-1-3-7(8)10/h17-22,25-28,47-48,51-52,55-58H,5-16,23-24,31-32,35-36H2,1-4H3;2-6,11-13,17H,1,7-10,14H2;1-4H,5-6H2,(H,11,12)/q-2;;. The fourth-order valence-electron chi connectivity index (χ4n) is 14.5. The molecule has 1 fully saturated rings. The number of carbonyl (C=O) groups is 4. The molecule has 552 valence electrons. The third kappa shape index (κ3) is 18.8. The highest BCUT2D eigenvalue weighted by molar-refractivity contribution is 7.99. The number of fused-ring (bicyclic) bond motifs is 3. The molecule has 4 heterocycles. The third-order valence-electron chi connectivity index (χ3n) is 20.0. The predicted molar refractivity (Wildman–Crippen MR) is 413 cm³/mol. The van der Waals surface area contributed by atoms with Crippen LogP contribution in [-0.2, 0) is 44.7 Å². The topological polar surface area (TPSA) is 250 Å². The number of benzene rings is 6. The molecule has 7 aromatic rings. The van der Waals surface area contributed by atoms with E-state index < -0.39 is 47.3 Å². The number of aromatic nitrogens is 1. The van der Waals surface area contributed by atoms with Gasteiger partial charge in [0.1, 0.15) is 55.9 Å². The Labute approximate surface area is 624 Å². The van der Waals surface area contributed by atoms with E-state index in [0.29, 0.717) is 41.6 Å². The quantitative estimate of drug-likeness (QED) is 0.0132. The van der Waals surface area contributed by atoms with Gasteiger partial charge in [-0.25, -0.2) is 0 Å². The van der Waals surface area contributed by atoms with Gasteiger partial charge in [0, 0.05) is 52.0 Å². The van der Waals surface area contributed by atoms with Gasteiger partial charge in [0.15, 0.2) is 6.54 Å². The second-order valence-corrected chi connectivity index (χ2v) is 29.8. The molecule has 0 bridgehead atoms. The van der Waals surface area contributed by atoms with Gasteiger partial charge in [0.05, 0.1) is 22.9 Å². The van der Waals surface area contributed by atoms with Crippen LogP contribution in [0.4, 0.5) is 28.4 Å². The first-order valence-electron chi connectivity index (χ1n) is 37.3. The Hall–Kier alpha value is -9.44. The van der Waals surface area contributed by atoms with Crippen molar-refractivity contribution in [3.05, 3.63) is 167 Å². The molecule has 3 atom stereocenters. The molecule has 0 amide bonds. The summed E-state index contributed by atoms with van der Waals surface area (Å²) in [6.07, 6.45) is 27.9. The molecule has 3 unspecified atom stereocenters. The number of anilines is 5. The Morgan fingerprint density at radius 2 is 1.20 bits per heavy atom. The first-order chi connectivity index (χ1) is 51.1. The summed E-state index contributed by atoms with van der Waals surface area (Å²) < 4.78 is 26.2. The number of allylic oxidation sites excluding steroid dienone is 6. The summed E-state index contributed by atoms with van der Waals surface area (Å²) in [4.78, 5) is 50.8. The van der Waals surface area contributed by atoms with Gasteiger partial charge >= 0.3 is 17.9 Å². The van der Waals surface area contributed by atoms with E-state index in [-0.39, 0.29) is 51.1 Å². The molecule has 1 aromatic heterocycles. The minimum atomic E-state index is -1.33. The van der Waals surface area contributed by atoms with E-state index in [1.54, 1.807) is 23.1 Å². The highest BCUT2D eigenvalue weighted by atomic mass is 32.2. The zero-order valence-corrected chi connectivity index (χ0v) is 62.3. The first kappa shape index (κ1) is 76.7. The maximum absolute atomic E-state index is 14.9. The molecule has 0 saturated heterocycles. The lowest BCUT2D eigenvalue weighted by Gasteiger charge is -2.62. The van der Waals surface area contributed by atoms with Crippen molar-refractivity contribution in [2.45, 2.75) is 190 Å². The van der Waals surface area contributed by atoms with E-state index in [1.165, 1.54) is 28.0 Å². The lowest BCUT2D eigenvalue weighted by atomic mass is 9.62. The minimum absolute atomic E-state index is 0.0873. The number of nitrogens with one attached hydrogen (secondary N) is 4. The molecular weight excluding hydrogens is 1360 g/mol. The number of ether oxygens (including phenoxy) is 4. The van der Waals surface area contributed by atoms with Gasteiger partial charge in [-0.3, -0.25) is 14.4 Å². The van der Waals surface area contributed by atoms with Crippen molar-refractivity contribution in [1.82, 2.24) is 0 Å². The molecule has 0 radical (unpaired) electrons. The minimum Gasteiger partial charge on any atom is -0.851 e. The number of esters is 2. The molecule has 6 aromatic carbocycles. The van der Waals surface area contributed by atoms with Crippen LogP contribution in [0.15, 0.2) is 156 Å². The zero-order chi connectivity index (χ0) is 73.9. The summed E-state index contributed by atoms with van der Waals surface area (Å²) in [5, 5.41) is 68.3. The van der Waals surface area contributed by atoms with Crippen molar-refractivity contribution in [2.75, 3.05) is 65.0 Å². The molecule has 3 aliphatic heterocycles. The molecule has 105 heavy (non-hydrogen) atoms. The molecule has 13 rings (SSSR count). The molecule has 0 spiro atoms. The van der Waals surface area contributed by atoms with Crippen LogP contribution in [-0.4, -0.2) is 91.4 Å². The van der Waals surface area contributed by atoms with Crippen LogP contribution < -0.4 is 46.1 Å². The van der Waals surface area contributed by atoms with Crippen LogP contribution >= 0.6 is 23.1 Å². The molecule has 6 aliphatic rings. The predicted octanol–water partition coefficient (Wildman–Crippen LogP) is 14.2. The van der Waals surface area contributed by atoms with Gasteiger partial charge in [-0.05, 0) is 150 Å². The van der Waals surface area contributed by atoms with Crippen molar-refractivity contribution in [2.24, 2.45) is 5.92 Å². The van der Waals surface area contributed by atoms with Crippen molar-refractivity contribution in [3.8, 4) is 24.1 Å². The highest BCUT2D eigenvalue weighted by Gasteiger charge is 2.46. The number of hydrogen-bond donors (Lipinski definition) is 5. The molecule has 18 nitrogen and oxygen atoms in total. The number of aliphatic carboxylic acids is 2. The Bertz CT molecular complexity index is 4350. The van der Waals surface area contributed by atoms with Gasteiger partial charge in [-0.1, -0.05) is 188 Å². The van der Waals surface area contributed by atoms with Crippen LogP contribution in [0.25, 0.3) is 37.8 Å². The average molecular weight is 1460 g/mol. The van der Waals surface area contributed by atoms with E-state index in [1.807, 2.05) is 125 Å². The number of carboxylic acid groups (broad SMARTS) is 2. The first-order valence-corrected chi connectivity index (χ1v) is 39.1. The van der Waals surface area contributed by atoms with Crippen molar-refractivity contribution >= 4 is 113 Å². The average Bonchev–Trinajstić information content (AvgIpc) is 1.26. The van der Waals surface area contributed by atoms with E-state index in [2.05, 4.69) is 97.8 Å². The Kier molecular flexibility index (Phi) is 26.7. The lowest BCUT2D eigenvalue weighted by molar-refractivity contribution is -0.663. The summed E-state index contributed by atoms with van der Waals surface area (Å²) in [5.74, 6) is 3.41. The van der Waals surface area contributed by atoms with Gasteiger partial charge in [-0.2, -0.15) is 4.57 Å². The van der Waals surface area contributed by atoms with Gasteiger partial charge in [0.25, 0.3) is 5.01 Å². The summed E-state index contributed by atoms with van der Waals surface area (Å²) in [6, 6.07) is 35.1. The Morgan fingerprint density at radius 3 is 1.75 bits per heavy atom. The summed E-state index contributed by atoms with van der Waals surface area (Å²) in [5.41, 5.74) is 7.13. The number of para-hydroxylation sites is 2. The molecule has 3 aliphatic carbocycles. The maximum Gasteiger partial charge on any atom is 0.323 e. The number of thioether (sulfide) groups is 1. The smallest absolute Gasteiger partial charge is 0.323 e. The number of hydrogen-bond acceptors (Lipinski definition) is 18. The van der Waals surface area contributed by atoms with Crippen molar-refractivity contribution in [1.29, 1.82) is 0 Å². The van der Waals surface area contributed by atoms with Gasteiger partial charge in [-0.15, -0.1) is 24.0 Å². The van der Waals surface area contributed by atoms with Crippen LogP contribution in [0.2, 0.25) is 0 Å². The number of rotatable bonds is 28. The maximum atomic E-state index is 14.9. The summed E-state index contributed by atoms with van der Waals surface area (Å²) >= 11 is 3.31. The van der Waals surface area contributed by atoms with Gasteiger partial charge in [0.2, 0.25) is 16.8 Å². The van der Waals surface area contributed by atoms with Gasteiger partial charge < -0.3 is 70.3 Å². The second kappa shape index (κ2) is 36.5. The third-order valence-corrected chi connectivity index (χ3v) is 22.3. The van der Waals surface area contributed by atoms with E-state index >= 15 is 0 Å². The van der Waals surface area contributed by atoms with Crippen LogP contribution in [0, 0.1) is 30.0 Å². The zero-order valence-electron chi connectivity index (χ0n) is 60.6. The number of unbranched alkanes of at least 4 members (excludes halogenated alkanes) is 8. The summed E-state index contributed by atoms with van der Waals surface area (Å²) in [6.45, 7) is 12.9. The highest BCUT2D eigenvalue weighted by Crippen LogP contribution is 2.54. The lowest BCUT2D eigenvalue weighted by Crippen LogP contribution is -2.64. The van der Waals surface area contributed by atoms with Crippen LogP contribution in [0.5, 0.6) is 0 Å². The largest absolute Gasteiger partial charge is 0.851 e. The number of thiazole rings is 1. The number of carboxylic acids is 2.